The maximum atomic E-state index is 10.5. The van der Waals surface area contributed by atoms with E-state index in [2.05, 4.69) is 9.97 Å². The molecule has 0 radical (unpaired) electrons. The van der Waals surface area contributed by atoms with Gasteiger partial charge in [0.15, 0.2) is 0 Å². The number of primary amides is 1. The topological polar surface area (TPSA) is 109 Å². The number of carbonyl (C=O) groups is 1. The van der Waals surface area contributed by atoms with E-state index in [0.717, 1.165) is 0 Å². The van der Waals surface area contributed by atoms with Crippen molar-refractivity contribution in [3.05, 3.63) is 24.3 Å². The number of hydrogen-bond acceptors (Lipinski definition) is 5. The van der Waals surface area contributed by atoms with Gasteiger partial charge < -0.3 is 15.9 Å². The van der Waals surface area contributed by atoms with Gasteiger partial charge >= 0.3 is 0 Å². The van der Waals surface area contributed by atoms with Gasteiger partial charge in [-0.15, -0.1) is 0 Å². The third kappa shape index (κ3) is 2.75. The lowest BCUT2D eigenvalue weighted by Gasteiger charge is -2.15. The van der Waals surface area contributed by atoms with Gasteiger partial charge in [0, 0.05) is 18.0 Å². The van der Waals surface area contributed by atoms with Crippen molar-refractivity contribution in [2.45, 2.75) is 18.6 Å². The van der Waals surface area contributed by atoms with Gasteiger partial charge in [0.1, 0.15) is 12.4 Å². The van der Waals surface area contributed by atoms with Crippen LogP contribution in [-0.4, -0.2) is 32.2 Å². The van der Waals surface area contributed by atoms with Crippen LogP contribution in [0.1, 0.15) is 18.1 Å². The van der Waals surface area contributed by atoms with E-state index in [1.54, 1.807) is 0 Å². The number of aliphatic hydroxyl groups is 2. The highest BCUT2D eigenvalue weighted by Gasteiger charge is 2.20. The maximum Gasteiger partial charge on any atom is 0.220 e. The minimum atomic E-state index is -1.22. The first-order chi connectivity index (χ1) is 6.61. The van der Waals surface area contributed by atoms with E-state index in [-0.39, 0.29) is 6.42 Å². The average Bonchev–Trinajstić information content (AvgIpc) is 2.17. The summed E-state index contributed by atoms with van der Waals surface area (Å²) in [6, 6.07) is 0. The van der Waals surface area contributed by atoms with Crippen LogP contribution in [0, 0.1) is 0 Å². The quantitative estimate of drug-likeness (QED) is 0.558. The third-order valence-electron chi connectivity index (χ3n) is 1.70. The Balaban J connectivity index is 2.65. The Kier molecular flexibility index (Phi) is 3.49. The fraction of sp³-hybridized carbons (Fsp3) is 0.375. The van der Waals surface area contributed by atoms with E-state index in [0.29, 0.717) is 5.56 Å². The summed E-state index contributed by atoms with van der Waals surface area (Å²) in [6.45, 7) is 0. The van der Waals surface area contributed by atoms with Crippen LogP contribution >= 0.6 is 0 Å². The number of aliphatic hydroxyl groups excluding tert-OH is 2. The van der Waals surface area contributed by atoms with Crippen molar-refractivity contribution in [2.24, 2.45) is 5.73 Å². The van der Waals surface area contributed by atoms with Crippen LogP contribution in [0.2, 0.25) is 0 Å². The molecule has 0 spiro atoms. The molecule has 1 aromatic heterocycles. The summed E-state index contributed by atoms with van der Waals surface area (Å²) in [7, 11) is 0. The van der Waals surface area contributed by atoms with E-state index < -0.39 is 18.1 Å². The molecule has 76 valence electrons. The average molecular weight is 197 g/mol. The lowest BCUT2D eigenvalue weighted by Crippen LogP contribution is -2.25. The van der Waals surface area contributed by atoms with Gasteiger partial charge in [-0.2, -0.15) is 0 Å². The highest BCUT2D eigenvalue weighted by molar-refractivity contribution is 5.74. The van der Waals surface area contributed by atoms with Gasteiger partial charge in [-0.25, -0.2) is 9.97 Å². The molecule has 1 aromatic rings. The molecule has 1 heterocycles. The van der Waals surface area contributed by atoms with Crippen molar-refractivity contribution >= 4 is 5.91 Å². The number of nitrogens with zero attached hydrogens (tertiary/aromatic N) is 2. The highest BCUT2D eigenvalue weighted by atomic mass is 16.3. The van der Waals surface area contributed by atoms with E-state index >= 15 is 0 Å². The largest absolute Gasteiger partial charge is 0.390 e. The van der Waals surface area contributed by atoms with Crippen LogP contribution in [0.5, 0.6) is 0 Å². The minimum absolute atomic E-state index is 0.296. The molecule has 0 aliphatic carbocycles. The van der Waals surface area contributed by atoms with Crippen molar-refractivity contribution in [3.63, 3.8) is 0 Å². The SMILES string of the molecule is NC(=O)CC(O)C(O)c1cncnc1. The molecular formula is C8H11N3O3. The van der Waals surface area contributed by atoms with Crippen molar-refractivity contribution < 1.29 is 15.0 Å². The molecule has 2 atom stereocenters. The lowest BCUT2D eigenvalue weighted by molar-refractivity contribution is -0.121. The summed E-state index contributed by atoms with van der Waals surface area (Å²) < 4.78 is 0. The van der Waals surface area contributed by atoms with Gasteiger partial charge in [-0.3, -0.25) is 4.79 Å². The normalized spacial score (nSPS) is 14.7. The van der Waals surface area contributed by atoms with Crippen molar-refractivity contribution in [1.29, 1.82) is 0 Å². The highest BCUT2D eigenvalue weighted by Crippen LogP contribution is 2.16. The second-order valence-electron chi connectivity index (χ2n) is 2.85. The van der Waals surface area contributed by atoms with Gasteiger partial charge in [-0.05, 0) is 0 Å². The second kappa shape index (κ2) is 4.64. The number of hydrogen-bond donors (Lipinski definition) is 3. The molecular weight excluding hydrogens is 186 g/mol. The third-order valence-corrected chi connectivity index (χ3v) is 1.70. The van der Waals surface area contributed by atoms with Gasteiger partial charge in [0.05, 0.1) is 12.5 Å². The van der Waals surface area contributed by atoms with Crippen LogP contribution in [0.4, 0.5) is 0 Å². The second-order valence-corrected chi connectivity index (χ2v) is 2.85. The molecule has 1 rings (SSSR count). The van der Waals surface area contributed by atoms with Crippen LogP contribution in [-0.2, 0) is 4.79 Å². The molecule has 0 fully saturated rings. The van der Waals surface area contributed by atoms with Crippen LogP contribution in [0.25, 0.3) is 0 Å². The van der Waals surface area contributed by atoms with Crippen molar-refractivity contribution in [1.82, 2.24) is 9.97 Å². The van der Waals surface area contributed by atoms with Crippen LogP contribution in [0.15, 0.2) is 18.7 Å². The molecule has 6 heteroatoms. The van der Waals surface area contributed by atoms with Crippen molar-refractivity contribution in [2.75, 3.05) is 0 Å². The molecule has 4 N–H and O–H groups in total. The molecule has 2 unspecified atom stereocenters. The Hall–Kier alpha value is -1.53. The summed E-state index contributed by atoms with van der Waals surface area (Å²) in [5, 5.41) is 18.8. The first-order valence-electron chi connectivity index (χ1n) is 4.00. The maximum absolute atomic E-state index is 10.5. The molecule has 6 nitrogen and oxygen atoms in total. The number of aromatic nitrogens is 2. The fourth-order valence-corrected chi connectivity index (χ4v) is 1.00. The molecule has 0 aliphatic rings. The standard InChI is InChI=1S/C8H11N3O3/c9-7(13)1-6(12)8(14)5-2-10-4-11-3-5/h2-4,6,8,12,14H,1H2,(H2,9,13). The Labute approximate surface area is 80.4 Å². The number of nitrogens with two attached hydrogens (primary N) is 1. The lowest BCUT2D eigenvalue weighted by atomic mass is 10.1. The first-order valence-corrected chi connectivity index (χ1v) is 4.00. The molecule has 0 aromatic carbocycles. The predicted octanol–water partition coefficient (Wildman–Crippen LogP) is -1.25. The monoisotopic (exact) mass is 197 g/mol. The van der Waals surface area contributed by atoms with E-state index in [4.69, 9.17) is 5.73 Å². The number of rotatable bonds is 4. The van der Waals surface area contributed by atoms with Gasteiger partial charge in [0.25, 0.3) is 0 Å². The number of carbonyl (C=O) groups excluding carboxylic acids is 1. The summed E-state index contributed by atoms with van der Waals surface area (Å²) in [4.78, 5) is 17.8. The van der Waals surface area contributed by atoms with Gasteiger partial charge in [-0.1, -0.05) is 0 Å². The van der Waals surface area contributed by atoms with E-state index in [1.807, 2.05) is 0 Å². The molecule has 0 aliphatic heterocycles. The zero-order valence-corrected chi connectivity index (χ0v) is 7.37. The Bertz CT molecular complexity index is 304. The van der Waals surface area contributed by atoms with Crippen LogP contribution < -0.4 is 5.73 Å². The minimum Gasteiger partial charge on any atom is -0.390 e. The summed E-state index contributed by atoms with van der Waals surface area (Å²) in [5.41, 5.74) is 5.22. The summed E-state index contributed by atoms with van der Waals surface area (Å²) >= 11 is 0. The summed E-state index contributed by atoms with van der Waals surface area (Å²) in [6.07, 6.45) is 1.32. The zero-order valence-electron chi connectivity index (χ0n) is 7.37. The molecule has 0 saturated carbocycles. The number of amides is 1. The fourth-order valence-electron chi connectivity index (χ4n) is 1.00. The predicted molar refractivity (Wildman–Crippen MR) is 46.8 cm³/mol. The Morgan fingerprint density at radius 1 is 1.43 bits per heavy atom. The van der Waals surface area contributed by atoms with Crippen LogP contribution in [0.3, 0.4) is 0 Å². The zero-order chi connectivity index (χ0) is 10.6. The smallest absolute Gasteiger partial charge is 0.220 e. The van der Waals surface area contributed by atoms with Gasteiger partial charge in [0.2, 0.25) is 5.91 Å². The van der Waals surface area contributed by atoms with E-state index in [1.165, 1.54) is 18.7 Å². The molecule has 1 amide bonds. The Morgan fingerprint density at radius 2 is 2.00 bits per heavy atom. The molecule has 0 saturated heterocycles. The molecule has 0 bridgehead atoms. The summed E-state index contributed by atoms with van der Waals surface area (Å²) in [5.74, 6) is -0.673. The Morgan fingerprint density at radius 3 is 2.50 bits per heavy atom. The molecule has 14 heavy (non-hydrogen) atoms. The van der Waals surface area contributed by atoms with E-state index in [9.17, 15) is 15.0 Å². The van der Waals surface area contributed by atoms with Crippen molar-refractivity contribution in [3.8, 4) is 0 Å². The first kappa shape index (κ1) is 10.6.